The highest BCUT2D eigenvalue weighted by molar-refractivity contribution is 6.30. The molecule has 6 heteroatoms. The van der Waals surface area contributed by atoms with Crippen molar-refractivity contribution in [2.24, 2.45) is 0 Å². The minimum absolute atomic E-state index is 0.271. The maximum atomic E-state index is 14.2. The van der Waals surface area contributed by atoms with Crippen molar-refractivity contribution >= 4 is 23.2 Å². The second-order valence-corrected chi connectivity index (χ2v) is 5.64. The van der Waals surface area contributed by atoms with E-state index in [1.165, 1.54) is 12.4 Å². The van der Waals surface area contributed by atoms with E-state index in [-0.39, 0.29) is 11.9 Å². The predicted molar refractivity (Wildman–Crippen MR) is 87.6 cm³/mol. The van der Waals surface area contributed by atoms with Gasteiger partial charge >= 0.3 is 0 Å². The summed E-state index contributed by atoms with van der Waals surface area (Å²) in [5.74, 6) is 0.304. The summed E-state index contributed by atoms with van der Waals surface area (Å²) in [6, 6.07) is 13.8. The van der Waals surface area contributed by atoms with Crippen LogP contribution in [0.4, 0.5) is 10.3 Å². The monoisotopic (exact) mass is 326 g/mol. The molecule has 2 aromatic carbocycles. The molecule has 114 valence electrons. The van der Waals surface area contributed by atoms with Crippen molar-refractivity contribution in [1.82, 2.24) is 14.8 Å². The highest BCUT2D eigenvalue weighted by atomic mass is 35.5. The molecule has 4 rings (SSSR count). The Balaban J connectivity index is 1.83. The molecular weight excluding hydrogens is 315 g/mol. The van der Waals surface area contributed by atoms with Crippen molar-refractivity contribution in [2.75, 3.05) is 5.32 Å². The molecule has 1 aliphatic rings. The lowest BCUT2D eigenvalue weighted by Crippen LogP contribution is -2.21. The number of nitrogens with one attached hydrogen (secondary N) is 1. The van der Waals surface area contributed by atoms with Crippen LogP contribution in [0.2, 0.25) is 5.02 Å². The number of allylic oxidation sites excluding steroid dienone is 1. The Bertz CT molecular complexity index is 886. The van der Waals surface area contributed by atoms with Gasteiger partial charge in [-0.05, 0) is 29.8 Å². The molecular formula is C17H12ClFN4. The zero-order chi connectivity index (χ0) is 15.8. The Morgan fingerprint density at radius 2 is 1.87 bits per heavy atom. The highest BCUT2D eigenvalue weighted by Gasteiger charge is 2.25. The number of hydrogen-bond acceptors (Lipinski definition) is 3. The van der Waals surface area contributed by atoms with Crippen molar-refractivity contribution in [1.29, 1.82) is 0 Å². The topological polar surface area (TPSA) is 42.7 Å². The van der Waals surface area contributed by atoms with Crippen LogP contribution in [0.5, 0.6) is 0 Å². The van der Waals surface area contributed by atoms with Crippen molar-refractivity contribution in [3.05, 3.63) is 82.9 Å². The standard InChI is InChI=1S/C17H12ClFN4/c18-12-7-5-11(6-8-12)15-9-16(13-3-1-2-4-14(13)19)23-17(22-15)20-10-21-23/h1-10,16H,(H,20,21,22)/t16-/m1/s1. The molecule has 0 bridgehead atoms. The highest BCUT2D eigenvalue weighted by Crippen LogP contribution is 2.33. The molecule has 0 saturated heterocycles. The smallest absolute Gasteiger partial charge is 0.226 e. The normalized spacial score (nSPS) is 16.4. The first-order chi connectivity index (χ1) is 11.2. The molecule has 3 aromatic rings. The van der Waals surface area contributed by atoms with Gasteiger partial charge in [-0.25, -0.2) is 9.07 Å². The molecule has 0 fully saturated rings. The van der Waals surface area contributed by atoms with E-state index >= 15 is 0 Å². The quantitative estimate of drug-likeness (QED) is 0.770. The molecule has 0 unspecified atom stereocenters. The molecule has 1 N–H and O–H groups in total. The molecule has 23 heavy (non-hydrogen) atoms. The molecule has 2 heterocycles. The zero-order valence-corrected chi connectivity index (χ0v) is 12.7. The number of aromatic nitrogens is 3. The van der Waals surface area contributed by atoms with E-state index in [9.17, 15) is 4.39 Å². The third kappa shape index (κ3) is 2.49. The predicted octanol–water partition coefficient (Wildman–Crippen LogP) is 4.13. The molecule has 0 radical (unpaired) electrons. The van der Waals surface area contributed by atoms with Gasteiger partial charge < -0.3 is 5.32 Å². The van der Waals surface area contributed by atoms with Gasteiger partial charge in [-0.15, -0.1) is 0 Å². The number of fused-ring (bicyclic) bond motifs is 1. The molecule has 0 saturated carbocycles. The van der Waals surface area contributed by atoms with Crippen LogP contribution < -0.4 is 5.32 Å². The second kappa shape index (κ2) is 5.52. The third-order valence-electron chi connectivity index (χ3n) is 3.79. The van der Waals surface area contributed by atoms with Crippen LogP contribution in [0.1, 0.15) is 17.2 Å². The van der Waals surface area contributed by atoms with Crippen LogP contribution >= 0.6 is 11.6 Å². The van der Waals surface area contributed by atoms with Gasteiger partial charge in [-0.1, -0.05) is 41.9 Å². The largest absolute Gasteiger partial charge is 0.324 e. The fourth-order valence-corrected chi connectivity index (χ4v) is 2.79. The Labute approximate surface area is 137 Å². The Kier molecular flexibility index (Phi) is 3.35. The average Bonchev–Trinajstić information content (AvgIpc) is 3.04. The van der Waals surface area contributed by atoms with E-state index in [1.54, 1.807) is 16.8 Å². The number of anilines is 1. The van der Waals surface area contributed by atoms with E-state index in [4.69, 9.17) is 11.6 Å². The maximum Gasteiger partial charge on any atom is 0.226 e. The fourth-order valence-electron chi connectivity index (χ4n) is 2.67. The van der Waals surface area contributed by atoms with Crippen LogP contribution in [0.15, 0.2) is 60.9 Å². The van der Waals surface area contributed by atoms with Crippen LogP contribution in [-0.4, -0.2) is 14.8 Å². The Hall–Kier alpha value is -2.66. The van der Waals surface area contributed by atoms with Gasteiger partial charge in [0, 0.05) is 16.3 Å². The van der Waals surface area contributed by atoms with Crippen molar-refractivity contribution in [3.63, 3.8) is 0 Å². The Morgan fingerprint density at radius 3 is 2.65 bits per heavy atom. The Morgan fingerprint density at radius 1 is 1.09 bits per heavy atom. The van der Waals surface area contributed by atoms with Gasteiger partial charge in [-0.2, -0.15) is 10.1 Å². The summed E-state index contributed by atoms with van der Waals surface area (Å²) >= 11 is 5.94. The van der Waals surface area contributed by atoms with Gasteiger partial charge in [-0.3, -0.25) is 0 Å². The first kappa shape index (κ1) is 14.0. The number of hydrogen-bond donors (Lipinski definition) is 1. The van der Waals surface area contributed by atoms with Crippen LogP contribution in [0.3, 0.4) is 0 Å². The van der Waals surface area contributed by atoms with Crippen LogP contribution in [0, 0.1) is 5.82 Å². The SMILES string of the molecule is Fc1ccccc1[C@H]1C=C(c2ccc(Cl)cc2)Nc2ncnn21. The van der Waals surface area contributed by atoms with Gasteiger partial charge in [0.05, 0.1) is 0 Å². The second-order valence-electron chi connectivity index (χ2n) is 5.21. The molecule has 0 amide bonds. The fraction of sp³-hybridized carbons (Fsp3) is 0.0588. The van der Waals surface area contributed by atoms with Crippen molar-refractivity contribution < 1.29 is 4.39 Å². The third-order valence-corrected chi connectivity index (χ3v) is 4.04. The van der Waals surface area contributed by atoms with Gasteiger partial charge in [0.25, 0.3) is 0 Å². The lowest BCUT2D eigenvalue weighted by atomic mass is 10.0. The van der Waals surface area contributed by atoms with Crippen molar-refractivity contribution in [2.45, 2.75) is 6.04 Å². The number of nitrogens with zero attached hydrogens (tertiary/aromatic N) is 3. The van der Waals surface area contributed by atoms with E-state index in [0.717, 1.165) is 11.3 Å². The summed E-state index contributed by atoms with van der Waals surface area (Å²) in [6.45, 7) is 0. The summed E-state index contributed by atoms with van der Waals surface area (Å²) < 4.78 is 15.9. The minimum atomic E-state index is -0.361. The summed E-state index contributed by atoms with van der Waals surface area (Å²) in [6.07, 6.45) is 3.39. The summed E-state index contributed by atoms with van der Waals surface area (Å²) in [5, 5.41) is 8.09. The van der Waals surface area contributed by atoms with Gasteiger partial charge in [0.1, 0.15) is 18.2 Å². The molecule has 1 aliphatic heterocycles. The van der Waals surface area contributed by atoms with E-state index < -0.39 is 0 Å². The number of benzene rings is 2. The minimum Gasteiger partial charge on any atom is -0.324 e. The summed E-state index contributed by atoms with van der Waals surface area (Å²) in [7, 11) is 0. The zero-order valence-electron chi connectivity index (χ0n) is 11.9. The first-order valence-electron chi connectivity index (χ1n) is 7.11. The molecule has 0 aliphatic carbocycles. The summed E-state index contributed by atoms with van der Waals surface area (Å²) in [4.78, 5) is 4.21. The van der Waals surface area contributed by atoms with Crippen molar-refractivity contribution in [3.8, 4) is 0 Å². The molecule has 1 aromatic heterocycles. The van der Waals surface area contributed by atoms with Crippen LogP contribution in [0.25, 0.3) is 5.70 Å². The van der Waals surface area contributed by atoms with E-state index in [1.807, 2.05) is 36.4 Å². The number of rotatable bonds is 2. The van der Waals surface area contributed by atoms with E-state index in [0.29, 0.717) is 16.5 Å². The lowest BCUT2D eigenvalue weighted by Gasteiger charge is -2.24. The molecule has 0 spiro atoms. The maximum absolute atomic E-state index is 14.2. The van der Waals surface area contributed by atoms with Crippen LogP contribution in [-0.2, 0) is 0 Å². The molecule has 4 nitrogen and oxygen atoms in total. The lowest BCUT2D eigenvalue weighted by molar-refractivity contribution is 0.551. The summed E-state index contributed by atoms with van der Waals surface area (Å²) in [5.41, 5.74) is 2.34. The number of halogens is 2. The molecule has 1 atom stereocenters. The van der Waals surface area contributed by atoms with Gasteiger partial charge in [0.2, 0.25) is 5.95 Å². The van der Waals surface area contributed by atoms with Gasteiger partial charge in [0.15, 0.2) is 0 Å². The first-order valence-corrected chi connectivity index (χ1v) is 7.49. The average molecular weight is 327 g/mol. The van der Waals surface area contributed by atoms with E-state index in [2.05, 4.69) is 15.4 Å².